The van der Waals surface area contributed by atoms with Crippen LogP contribution in [0.3, 0.4) is 0 Å². The summed E-state index contributed by atoms with van der Waals surface area (Å²) in [6.07, 6.45) is 1.47. The van der Waals surface area contributed by atoms with E-state index in [4.69, 9.17) is 9.15 Å². The van der Waals surface area contributed by atoms with E-state index in [-0.39, 0.29) is 5.91 Å². The lowest BCUT2D eigenvalue weighted by Gasteiger charge is -2.12. The zero-order valence-electron chi connectivity index (χ0n) is 17.2. The molecule has 0 aliphatic carbocycles. The van der Waals surface area contributed by atoms with Gasteiger partial charge in [0.2, 0.25) is 17.7 Å². The lowest BCUT2D eigenvalue weighted by Crippen LogP contribution is -2.12. The first-order valence-corrected chi connectivity index (χ1v) is 10.2. The van der Waals surface area contributed by atoms with Crippen LogP contribution in [-0.2, 0) is 11.2 Å². The van der Waals surface area contributed by atoms with Gasteiger partial charge in [0.25, 0.3) is 0 Å². The van der Waals surface area contributed by atoms with E-state index in [1.165, 1.54) is 0 Å². The highest BCUT2D eigenvalue weighted by Crippen LogP contribution is 2.29. The molecular weight excluding hydrogens is 390 g/mol. The number of nitrogens with one attached hydrogen (secondary N) is 1. The minimum Gasteiger partial charge on any atom is -0.455 e. The number of aryl methyl sites for hydroxylation is 2. The summed E-state index contributed by atoms with van der Waals surface area (Å²) in [5.41, 5.74) is 2.62. The number of aromatic nitrogens is 2. The van der Waals surface area contributed by atoms with Crippen molar-refractivity contribution in [2.45, 2.75) is 26.2 Å². The van der Waals surface area contributed by atoms with Gasteiger partial charge in [0.05, 0.1) is 5.69 Å². The number of hydrogen-bond donors (Lipinski definition) is 1. The second kappa shape index (κ2) is 9.71. The third-order valence-corrected chi connectivity index (χ3v) is 4.66. The molecule has 0 fully saturated rings. The molecule has 4 aromatic rings. The molecule has 0 saturated carbocycles. The van der Waals surface area contributed by atoms with Gasteiger partial charge in [-0.2, -0.15) is 0 Å². The molecule has 4 rings (SSSR count). The molecule has 1 N–H and O–H groups in total. The second-order valence-corrected chi connectivity index (χ2v) is 7.18. The number of amides is 1. The Morgan fingerprint density at radius 3 is 2.61 bits per heavy atom. The maximum absolute atomic E-state index is 12.5. The molecule has 0 radical (unpaired) electrons. The molecule has 6 nitrogen and oxygen atoms in total. The molecule has 0 atom stereocenters. The van der Waals surface area contributed by atoms with E-state index in [2.05, 4.69) is 15.5 Å². The first kappa shape index (κ1) is 20.3. The van der Waals surface area contributed by atoms with Gasteiger partial charge in [-0.3, -0.25) is 4.79 Å². The van der Waals surface area contributed by atoms with E-state index < -0.39 is 0 Å². The monoisotopic (exact) mass is 413 g/mol. The lowest BCUT2D eigenvalue weighted by molar-refractivity contribution is -0.116. The van der Waals surface area contributed by atoms with Gasteiger partial charge < -0.3 is 14.5 Å². The van der Waals surface area contributed by atoms with Crippen LogP contribution in [0.1, 0.15) is 24.3 Å². The van der Waals surface area contributed by atoms with Crippen LogP contribution in [0.2, 0.25) is 0 Å². The van der Waals surface area contributed by atoms with Crippen LogP contribution in [0, 0.1) is 6.92 Å². The van der Waals surface area contributed by atoms with Crippen molar-refractivity contribution < 1.29 is 13.9 Å². The van der Waals surface area contributed by atoms with Crippen LogP contribution in [0.5, 0.6) is 11.5 Å². The standard InChI is InChI=1S/C25H23N3O3/c1-18-9-7-12-20(17-18)30-22-14-6-5-13-21(22)26-23(29)15-8-16-24-27-28-25(31-24)19-10-3-2-4-11-19/h2-7,9-14,17H,8,15-16H2,1H3,(H,26,29). The van der Waals surface area contributed by atoms with Crippen LogP contribution in [0.25, 0.3) is 11.5 Å². The van der Waals surface area contributed by atoms with Gasteiger partial charge in [0, 0.05) is 18.4 Å². The van der Waals surface area contributed by atoms with Gasteiger partial charge in [0.15, 0.2) is 5.75 Å². The predicted molar refractivity (Wildman–Crippen MR) is 119 cm³/mol. The maximum Gasteiger partial charge on any atom is 0.247 e. The number of benzene rings is 3. The topological polar surface area (TPSA) is 77.2 Å². The zero-order valence-corrected chi connectivity index (χ0v) is 17.2. The van der Waals surface area contributed by atoms with E-state index in [9.17, 15) is 4.79 Å². The maximum atomic E-state index is 12.5. The summed E-state index contributed by atoms with van der Waals surface area (Å²) < 4.78 is 11.7. The first-order chi connectivity index (χ1) is 15.2. The molecule has 3 aromatic carbocycles. The Balaban J connectivity index is 1.31. The van der Waals surface area contributed by atoms with Crippen molar-refractivity contribution in [2.24, 2.45) is 0 Å². The van der Waals surface area contributed by atoms with Gasteiger partial charge >= 0.3 is 0 Å². The summed E-state index contributed by atoms with van der Waals surface area (Å²) in [6.45, 7) is 2.01. The van der Waals surface area contributed by atoms with E-state index in [1.807, 2.05) is 85.8 Å². The highest BCUT2D eigenvalue weighted by Gasteiger charge is 2.11. The Morgan fingerprint density at radius 2 is 1.77 bits per heavy atom. The van der Waals surface area contributed by atoms with Crippen LogP contribution < -0.4 is 10.1 Å². The molecule has 0 saturated heterocycles. The fourth-order valence-corrected chi connectivity index (χ4v) is 3.13. The molecule has 1 heterocycles. The Kier molecular flexibility index (Phi) is 6.38. The third kappa shape index (κ3) is 5.57. The molecule has 0 aliphatic heterocycles. The van der Waals surface area contributed by atoms with Gasteiger partial charge in [0.1, 0.15) is 5.75 Å². The van der Waals surface area contributed by atoms with E-state index >= 15 is 0 Å². The number of hydrogen-bond acceptors (Lipinski definition) is 5. The van der Waals surface area contributed by atoms with Crippen molar-refractivity contribution in [3.05, 3.63) is 90.3 Å². The number of nitrogens with zero attached hydrogens (tertiary/aromatic N) is 2. The smallest absolute Gasteiger partial charge is 0.247 e. The second-order valence-electron chi connectivity index (χ2n) is 7.18. The fraction of sp³-hybridized carbons (Fsp3) is 0.160. The van der Waals surface area contributed by atoms with Crippen molar-refractivity contribution >= 4 is 11.6 Å². The summed E-state index contributed by atoms with van der Waals surface area (Å²) >= 11 is 0. The Bertz CT molecular complexity index is 1160. The Hall–Kier alpha value is -3.93. The number of rotatable bonds is 8. The normalized spacial score (nSPS) is 10.6. The van der Waals surface area contributed by atoms with Crippen molar-refractivity contribution in [2.75, 3.05) is 5.32 Å². The summed E-state index contributed by atoms with van der Waals surface area (Å²) in [4.78, 5) is 12.5. The van der Waals surface area contributed by atoms with Crippen molar-refractivity contribution in [1.29, 1.82) is 0 Å². The quantitative estimate of drug-likeness (QED) is 0.395. The summed E-state index contributed by atoms with van der Waals surface area (Å²) in [7, 11) is 0. The lowest BCUT2D eigenvalue weighted by atomic mass is 10.2. The molecule has 31 heavy (non-hydrogen) atoms. The third-order valence-electron chi connectivity index (χ3n) is 4.66. The van der Waals surface area contributed by atoms with Crippen LogP contribution in [0.4, 0.5) is 5.69 Å². The molecule has 1 aromatic heterocycles. The molecule has 0 unspecified atom stereocenters. The van der Waals surface area contributed by atoms with Gasteiger partial charge in [-0.25, -0.2) is 0 Å². The Labute approximate surface area is 180 Å². The van der Waals surface area contributed by atoms with Crippen LogP contribution >= 0.6 is 0 Å². The summed E-state index contributed by atoms with van der Waals surface area (Å²) in [5, 5.41) is 11.1. The molecule has 156 valence electrons. The number of anilines is 1. The Morgan fingerprint density at radius 1 is 0.968 bits per heavy atom. The average Bonchev–Trinajstić information content (AvgIpc) is 3.25. The number of carbonyl (C=O) groups is 1. The zero-order chi connectivity index (χ0) is 21.5. The molecule has 0 aliphatic rings. The minimum atomic E-state index is -0.0944. The molecule has 0 bridgehead atoms. The largest absolute Gasteiger partial charge is 0.455 e. The van der Waals surface area contributed by atoms with Crippen molar-refractivity contribution in [3.63, 3.8) is 0 Å². The van der Waals surface area contributed by atoms with E-state index in [0.717, 1.165) is 16.9 Å². The number of carbonyl (C=O) groups excluding carboxylic acids is 1. The van der Waals surface area contributed by atoms with Crippen molar-refractivity contribution in [1.82, 2.24) is 10.2 Å². The highest BCUT2D eigenvalue weighted by molar-refractivity contribution is 5.92. The number of ether oxygens (including phenoxy) is 1. The van der Waals surface area contributed by atoms with Crippen LogP contribution in [0.15, 0.2) is 83.3 Å². The van der Waals surface area contributed by atoms with Crippen molar-refractivity contribution in [3.8, 4) is 23.0 Å². The van der Waals surface area contributed by atoms with E-state index in [0.29, 0.717) is 42.5 Å². The fourth-order valence-electron chi connectivity index (χ4n) is 3.13. The molecule has 0 spiro atoms. The van der Waals surface area contributed by atoms with Gasteiger partial charge in [-0.15, -0.1) is 10.2 Å². The predicted octanol–water partition coefficient (Wildman–Crippen LogP) is 5.80. The summed E-state index contributed by atoms with van der Waals surface area (Å²) in [5.74, 6) is 2.25. The summed E-state index contributed by atoms with van der Waals surface area (Å²) in [6, 6.07) is 24.8. The molecular formula is C25H23N3O3. The minimum absolute atomic E-state index is 0.0944. The highest BCUT2D eigenvalue weighted by atomic mass is 16.5. The molecule has 1 amide bonds. The first-order valence-electron chi connectivity index (χ1n) is 10.2. The van der Waals surface area contributed by atoms with Crippen LogP contribution in [-0.4, -0.2) is 16.1 Å². The van der Waals surface area contributed by atoms with E-state index in [1.54, 1.807) is 0 Å². The SMILES string of the molecule is Cc1cccc(Oc2ccccc2NC(=O)CCCc2nnc(-c3ccccc3)o2)c1. The van der Waals surface area contributed by atoms with Gasteiger partial charge in [-0.05, 0) is 55.3 Å². The molecule has 6 heteroatoms. The number of para-hydroxylation sites is 2. The van der Waals surface area contributed by atoms with Gasteiger partial charge in [-0.1, -0.05) is 42.5 Å². The average molecular weight is 413 g/mol.